The van der Waals surface area contributed by atoms with Gasteiger partial charge in [0.05, 0.1) is 6.42 Å². The average Bonchev–Trinajstić information content (AvgIpc) is 2.33. The first-order valence-corrected chi connectivity index (χ1v) is 8.13. The van der Waals surface area contributed by atoms with Gasteiger partial charge in [-0.15, -0.1) is 0 Å². The molecule has 0 aliphatic rings. The van der Waals surface area contributed by atoms with Gasteiger partial charge < -0.3 is 0 Å². The molecule has 0 aromatic rings. The Kier molecular flexibility index (Phi) is 7.56. The zero-order valence-corrected chi connectivity index (χ0v) is 16.9. The summed E-state index contributed by atoms with van der Waals surface area (Å²) in [5, 5.41) is 2.71. The summed E-state index contributed by atoms with van der Waals surface area (Å²) in [6.07, 6.45) is 0.244. The molecule has 0 saturated carbocycles. The second-order valence-electron chi connectivity index (χ2n) is 7.48. The molecule has 0 aliphatic carbocycles. The van der Waals surface area contributed by atoms with Crippen LogP contribution in [0.15, 0.2) is 0 Å². The Hall–Kier alpha value is -1.28. The van der Waals surface area contributed by atoms with Gasteiger partial charge in [-0.25, -0.2) is 0 Å². The molecule has 0 fully saturated rings. The van der Waals surface area contributed by atoms with Crippen LogP contribution in [-0.4, -0.2) is 45.9 Å². The lowest BCUT2D eigenvalue weighted by Crippen LogP contribution is -2.50. The Balaban J connectivity index is 4.50. The van der Waals surface area contributed by atoms with Gasteiger partial charge in [-0.3, -0.25) is 30.5 Å². The lowest BCUT2D eigenvalue weighted by atomic mass is 9.95. The Morgan fingerprint density at radius 2 is 1.04 bits per heavy atom. The Labute approximate surface area is 149 Å². The van der Waals surface area contributed by atoms with Crippen molar-refractivity contribution in [2.75, 3.05) is 14.1 Å². The van der Waals surface area contributed by atoms with Crippen LogP contribution in [-0.2, 0) is 9.59 Å². The number of nitrogens with one attached hydrogen (secondary N) is 2. The molecule has 0 unspecified atom stereocenters. The van der Waals surface area contributed by atoms with Crippen LogP contribution in [0.4, 0.5) is 0 Å². The van der Waals surface area contributed by atoms with E-state index in [-0.39, 0.29) is 18.2 Å². The van der Waals surface area contributed by atoms with Crippen molar-refractivity contribution < 1.29 is 9.59 Å². The first kappa shape index (κ1) is 21.7. The van der Waals surface area contributed by atoms with Crippen LogP contribution in [0.5, 0.6) is 0 Å². The molecule has 0 bridgehead atoms. The highest BCUT2D eigenvalue weighted by Gasteiger charge is 2.27. The van der Waals surface area contributed by atoms with Crippen LogP contribution in [0.3, 0.4) is 0 Å². The number of carbonyl (C=O) groups is 2. The summed E-state index contributed by atoms with van der Waals surface area (Å²) in [4.78, 5) is 24.9. The van der Waals surface area contributed by atoms with Gasteiger partial charge >= 0.3 is 0 Å². The topological polar surface area (TPSA) is 64.7 Å². The molecule has 0 radical (unpaired) electrons. The second kappa shape index (κ2) is 8.01. The highest BCUT2D eigenvalue weighted by molar-refractivity contribution is 7.82. The third kappa shape index (κ3) is 7.69. The summed E-state index contributed by atoms with van der Waals surface area (Å²) in [5.74, 6) is -0.169. The van der Waals surface area contributed by atoms with Gasteiger partial charge in [0.1, 0.15) is 9.98 Å². The molecule has 0 aliphatic heterocycles. The van der Waals surface area contributed by atoms with Crippen molar-refractivity contribution in [3.63, 3.8) is 0 Å². The van der Waals surface area contributed by atoms with Crippen LogP contribution in [0.2, 0.25) is 0 Å². The van der Waals surface area contributed by atoms with E-state index in [9.17, 15) is 9.59 Å². The minimum Gasteiger partial charge on any atom is -0.289 e. The van der Waals surface area contributed by atoms with Crippen LogP contribution in [0, 0.1) is 10.8 Å². The van der Waals surface area contributed by atoms with E-state index in [1.807, 2.05) is 41.5 Å². The van der Waals surface area contributed by atoms with Gasteiger partial charge in [0.15, 0.2) is 0 Å². The SMILES string of the molecule is CN(NC(=S)CC(=S)NN(C)C(=O)C(C)(C)C)C(=O)C(C)(C)C. The fourth-order valence-electron chi connectivity index (χ4n) is 1.71. The Morgan fingerprint density at radius 1 is 0.783 bits per heavy atom. The number of rotatable bonds is 2. The zero-order chi connectivity index (χ0) is 18.6. The number of amides is 2. The van der Waals surface area contributed by atoms with E-state index >= 15 is 0 Å². The molecule has 8 heteroatoms. The summed E-state index contributed by atoms with van der Waals surface area (Å²) < 4.78 is 0. The van der Waals surface area contributed by atoms with Gasteiger partial charge in [0, 0.05) is 24.9 Å². The Morgan fingerprint density at radius 3 is 1.26 bits per heavy atom. The summed E-state index contributed by atoms with van der Waals surface area (Å²) >= 11 is 10.4. The van der Waals surface area contributed by atoms with Gasteiger partial charge in [-0.05, 0) is 0 Å². The molecule has 132 valence electrons. The molecule has 23 heavy (non-hydrogen) atoms. The van der Waals surface area contributed by atoms with E-state index in [1.54, 1.807) is 14.1 Å². The quantitative estimate of drug-likeness (QED) is 0.580. The number of thiocarbonyl (C=S) groups is 2. The fourth-order valence-corrected chi connectivity index (χ4v) is 2.36. The van der Waals surface area contributed by atoms with E-state index < -0.39 is 10.8 Å². The van der Waals surface area contributed by atoms with E-state index in [0.29, 0.717) is 9.98 Å². The van der Waals surface area contributed by atoms with Crippen molar-refractivity contribution in [3.05, 3.63) is 0 Å². The number of nitrogens with zero attached hydrogens (tertiary/aromatic N) is 2. The summed E-state index contributed by atoms with van der Waals surface area (Å²) in [7, 11) is 3.23. The Bertz CT molecular complexity index is 449. The molecule has 2 N–H and O–H groups in total. The molecular formula is C15H28N4O2S2. The minimum atomic E-state index is -0.504. The smallest absolute Gasteiger partial charge is 0.246 e. The molecule has 0 saturated heterocycles. The summed E-state index contributed by atoms with van der Waals surface area (Å²) in [6, 6.07) is 0. The van der Waals surface area contributed by atoms with Crippen LogP contribution < -0.4 is 10.9 Å². The first-order chi connectivity index (χ1) is 10.2. The molecule has 6 nitrogen and oxygen atoms in total. The van der Waals surface area contributed by atoms with Gasteiger partial charge in [0.2, 0.25) is 11.8 Å². The third-order valence-electron chi connectivity index (χ3n) is 2.80. The highest BCUT2D eigenvalue weighted by Crippen LogP contribution is 2.16. The van der Waals surface area contributed by atoms with Gasteiger partial charge in [-0.2, -0.15) is 0 Å². The lowest BCUT2D eigenvalue weighted by Gasteiger charge is -2.29. The minimum absolute atomic E-state index is 0.0845. The standard InChI is InChI=1S/C15H28N4O2S2/c1-14(2,3)12(20)18(7)16-10(22)9-11(23)17-19(8)13(21)15(4,5)6/h9H2,1-8H3,(H,16,22)(H,17,23). The molecule has 0 aromatic heterocycles. The van der Waals surface area contributed by atoms with Crippen LogP contribution in [0.25, 0.3) is 0 Å². The van der Waals surface area contributed by atoms with Crippen molar-refractivity contribution in [2.24, 2.45) is 10.8 Å². The number of hydrazine groups is 2. The van der Waals surface area contributed by atoms with Gasteiger partial charge in [0.25, 0.3) is 0 Å². The maximum atomic E-state index is 12.1. The van der Waals surface area contributed by atoms with E-state index in [4.69, 9.17) is 24.4 Å². The van der Waals surface area contributed by atoms with Crippen LogP contribution in [0.1, 0.15) is 48.0 Å². The monoisotopic (exact) mass is 360 g/mol. The van der Waals surface area contributed by atoms with Gasteiger partial charge in [-0.1, -0.05) is 66.0 Å². The molecular weight excluding hydrogens is 332 g/mol. The normalized spacial score (nSPS) is 11.5. The fraction of sp³-hybridized carbons (Fsp3) is 0.733. The molecule has 0 atom stereocenters. The molecule has 2 amide bonds. The van der Waals surface area contributed by atoms with E-state index in [2.05, 4.69) is 10.9 Å². The number of hydrogen-bond acceptors (Lipinski definition) is 4. The third-order valence-corrected chi connectivity index (χ3v) is 3.27. The summed E-state index contributed by atoms with van der Waals surface area (Å²) in [5.41, 5.74) is 4.66. The predicted octanol–water partition coefficient (Wildman–Crippen LogP) is 2.05. The summed E-state index contributed by atoms with van der Waals surface area (Å²) in [6.45, 7) is 11.0. The van der Waals surface area contributed by atoms with Crippen molar-refractivity contribution >= 4 is 46.2 Å². The van der Waals surface area contributed by atoms with E-state index in [1.165, 1.54) is 10.0 Å². The zero-order valence-electron chi connectivity index (χ0n) is 15.2. The predicted molar refractivity (Wildman–Crippen MR) is 101 cm³/mol. The number of hydrogen-bond donors (Lipinski definition) is 2. The van der Waals surface area contributed by atoms with Crippen molar-refractivity contribution in [2.45, 2.75) is 48.0 Å². The van der Waals surface area contributed by atoms with Crippen molar-refractivity contribution in [3.8, 4) is 0 Å². The average molecular weight is 361 g/mol. The maximum Gasteiger partial charge on any atom is 0.246 e. The molecule has 0 heterocycles. The second-order valence-corrected chi connectivity index (χ2v) is 8.46. The van der Waals surface area contributed by atoms with E-state index in [0.717, 1.165) is 0 Å². The maximum absolute atomic E-state index is 12.1. The molecule has 0 spiro atoms. The lowest BCUT2D eigenvalue weighted by molar-refractivity contribution is -0.140. The number of carbonyl (C=O) groups excluding carboxylic acids is 2. The largest absolute Gasteiger partial charge is 0.289 e. The molecule has 0 aromatic carbocycles. The highest BCUT2D eigenvalue weighted by atomic mass is 32.1. The van der Waals surface area contributed by atoms with Crippen molar-refractivity contribution in [1.29, 1.82) is 0 Å². The van der Waals surface area contributed by atoms with Crippen molar-refractivity contribution in [1.82, 2.24) is 20.9 Å². The molecule has 0 rings (SSSR count). The first-order valence-electron chi connectivity index (χ1n) is 7.31. The van der Waals surface area contributed by atoms with Crippen LogP contribution >= 0.6 is 24.4 Å².